The van der Waals surface area contributed by atoms with Crippen molar-refractivity contribution >= 4 is 17.6 Å². The average Bonchev–Trinajstić information content (AvgIpc) is 2.96. The molecular formula is C22H32N4O3. The predicted molar refractivity (Wildman–Crippen MR) is 112 cm³/mol. The zero-order chi connectivity index (χ0) is 20.4. The van der Waals surface area contributed by atoms with E-state index in [2.05, 4.69) is 28.1 Å². The van der Waals surface area contributed by atoms with Gasteiger partial charge in [0.25, 0.3) is 5.91 Å². The van der Waals surface area contributed by atoms with Crippen LogP contribution < -0.4 is 15.0 Å². The lowest BCUT2D eigenvalue weighted by molar-refractivity contribution is -0.135. The summed E-state index contributed by atoms with van der Waals surface area (Å²) in [7, 11) is 0. The number of nitrogens with one attached hydrogen (secondary N) is 1. The van der Waals surface area contributed by atoms with Crippen molar-refractivity contribution in [3.8, 4) is 5.75 Å². The summed E-state index contributed by atoms with van der Waals surface area (Å²) in [6.45, 7) is 8.40. The van der Waals surface area contributed by atoms with E-state index in [1.165, 1.54) is 4.90 Å². The number of imide groups is 1. The Bertz CT molecular complexity index is 762. The predicted octanol–water partition coefficient (Wildman–Crippen LogP) is 2.67. The summed E-state index contributed by atoms with van der Waals surface area (Å²) >= 11 is 0. The fourth-order valence-electron chi connectivity index (χ4n) is 4.95. The van der Waals surface area contributed by atoms with Gasteiger partial charge < -0.3 is 15.0 Å². The van der Waals surface area contributed by atoms with Gasteiger partial charge >= 0.3 is 6.03 Å². The number of carbonyl (C=O) groups is 2. The summed E-state index contributed by atoms with van der Waals surface area (Å²) in [6.07, 6.45) is 3.90. The third-order valence-electron chi connectivity index (χ3n) is 6.72. The molecule has 4 rings (SSSR count). The molecule has 1 spiro atoms. The van der Waals surface area contributed by atoms with Gasteiger partial charge in [-0.25, -0.2) is 9.69 Å². The van der Waals surface area contributed by atoms with Gasteiger partial charge in [-0.2, -0.15) is 0 Å². The molecular weight excluding hydrogens is 368 g/mol. The first kappa shape index (κ1) is 20.0. The van der Waals surface area contributed by atoms with E-state index in [1.807, 2.05) is 25.1 Å². The van der Waals surface area contributed by atoms with Gasteiger partial charge in [0, 0.05) is 26.2 Å². The van der Waals surface area contributed by atoms with Crippen LogP contribution in [0, 0.1) is 5.92 Å². The number of benzene rings is 1. The molecule has 0 aromatic heterocycles. The number of amides is 3. The summed E-state index contributed by atoms with van der Waals surface area (Å²) in [5, 5.41) is 3.05. The monoisotopic (exact) mass is 400 g/mol. The molecule has 3 amide bonds. The molecule has 1 saturated carbocycles. The van der Waals surface area contributed by atoms with Gasteiger partial charge in [0.05, 0.1) is 19.0 Å². The van der Waals surface area contributed by atoms with Crippen LogP contribution in [0.1, 0.15) is 39.5 Å². The maximum absolute atomic E-state index is 13.2. The first-order valence-corrected chi connectivity index (χ1v) is 10.9. The van der Waals surface area contributed by atoms with Crippen molar-refractivity contribution in [2.75, 3.05) is 44.4 Å². The molecule has 0 bridgehead atoms. The lowest BCUT2D eigenvalue weighted by Crippen LogP contribution is -2.55. The Balaban J connectivity index is 1.38. The largest absolute Gasteiger partial charge is 0.492 e. The Kier molecular flexibility index (Phi) is 5.67. The van der Waals surface area contributed by atoms with Gasteiger partial charge in [0.15, 0.2) is 0 Å². The van der Waals surface area contributed by atoms with Gasteiger partial charge in [-0.3, -0.25) is 9.69 Å². The number of piperazine rings is 1. The van der Waals surface area contributed by atoms with Crippen LogP contribution in [-0.2, 0) is 4.79 Å². The minimum Gasteiger partial charge on any atom is -0.492 e. The fourth-order valence-corrected chi connectivity index (χ4v) is 4.95. The average molecular weight is 401 g/mol. The van der Waals surface area contributed by atoms with Crippen LogP contribution in [0.25, 0.3) is 0 Å². The minimum absolute atomic E-state index is 0.0289. The molecule has 2 saturated heterocycles. The number of carbonyl (C=O) groups excluding carboxylic acids is 2. The van der Waals surface area contributed by atoms with E-state index in [-0.39, 0.29) is 17.9 Å². The summed E-state index contributed by atoms with van der Waals surface area (Å²) in [4.78, 5) is 31.7. The van der Waals surface area contributed by atoms with Gasteiger partial charge in [0.1, 0.15) is 11.3 Å². The third-order valence-corrected chi connectivity index (χ3v) is 6.72. The Labute approximate surface area is 173 Å². The third kappa shape index (κ3) is 3.68. The second-order valence-corrected chi connectivity index (χ2v) is 8.43. The van der Waals surface area contributed by atoms with Crippen molar-refractivity contribution in [2.45, 2.75) is 45.1 Å². The van der Waals surface area contributed by atoms with Crippen LogP contribution in [0.2, 0.25) is 0 Å². The number of hydrogen-bond donors (Lipinski definition) is 1. The highest BCUT2D eigenvalue weighted by molar-refractivity contribution is 6.07. The number of rotatable bonds is 5. The molecule has 7 nitrogen and oxygen atoms in total. The number of ether oxygens (including phenoxy) is 1. The number of anilines is 1. The van der Waals surface area contributed by atoms with E-state index in [9.17, 15) is 9.59 Å². The van der Waals surface area contributed by atoms with Crippen LogP contribution in [0.5, 0.6) is 5.75 Å². The van der Waals surface area contributed by atoms with Gasteiger partial charge in [-0.05, 0) is 37.8 Å². The normalized spacial score (nSPS) is 28.1. The molecule has 3 aliphatic rings. The Morgan fingerprint density at radius 2 is 1.90 bits per heavy atom. The summed E-state index contributed by atoms with van der Waals surface area (Å²) in [6, 6.07) is 7.88. The highest BCUT2D eigenvalue weighted by Gasteiger charge is 2.55. The molecule has 2 aliphatic heterocycles. The first-order chi connectivity index (χ1) is 14.0. The summed E-state index contributed by atoms with van der Waals surface area (Å²) in [5.74, 6) is 1.08. The van der Waals surface area contributed by atoms with Crippen molar-refractivity contribution in [2.24, 2.45) is 5.92 Å². The maximum Gasteiger partial charge on any atom is 0.326 e. The lowest BCUT2D eigenvalue weighted by atomic mass is 9.73. The molecule has 7 heteroatoms. The van der Waals surface area contributed by atoms with E-state index >= 15 is 0 Å². The van der Waals surface area contributed by atoms with E-state index in [0.717, 1.165) is 63.3 Å². The van der Waals surface area contributed by atoms with Gasteiger partial charge in [-0.15, -0.1) is 0 Å². The molecule has 2 heterocycles. The summed E-state index contributed by atoms with van der Waals surface area (Å²) < 4.78 is 5.77. The van der Waals surface area contributed by atoms with E-state index in [0.29, 0.717) is 13.3 Å². The zero-order valence-corrected chi connectivity index (χ0v) is 17.5. The maximum atomic E-state index is 13.2. The highest BCUT2D eigenvalue weighted by atomic mass is 16.5. The van der Waals surface area contributed by atoms with Crippen LogP contribution in [0.4, 0.5) is 10.5 Å². The van der Waals surface area contributed by atoms with Crippen molar-refractivity contribution in [1.82, 2.24) is 15.1 Å². The van der Waals surface area contributed by atoms with Crippen LogP contribution in [-0.4, -0.2) is 66.7 Å². The fraction of sp³-hybridized carbons (Fsp3) is 0.636. The van der Waals surface area contributed by atoms with Gasteiger partial charge in [-0.1, -0.05) is 31.9 Å². The molecule has 29 heavy (non-hydrogen) atoms. The van der Waals surface area contributed by atoms with E-state index in [1.54, 1.807) is 0 Å². The van der Waals surface area contributed by atoms with Crippen molar-refractivity contribution in [3.05, 3.63) is 24.3 Å². The SMILES string of the molecule is CCOc1ccccc1N1CCN(CN2C(=O)N[C@]3(CCCC[C@@H]3C)C2=O)CC1. The van der Waals surface area contributed by atoms with Crippen LogP contribution in [0.3, 0.4) is 0 Å². The molecule has 0 unspecified atom stereocenters. The molecule has 1 aliphatic carbocycles. The molecule has 1 N–H and O–H groups in total. The smallest absolute Gasteiger partial charge is 0.326 e. The Hall–Kier alpha value is -2.28. The standard InChI is InChI=1S/C22H32N4O3/c1-3-29-19-10-5-4-9-18(19)25-14-12-24(13-15-25)16-26-20(27)22(23-21(26)28)11-7-6-8-17(22)2/h4-5,9-10,17H,3,6-8,11-16H2,1-2H3,(H,23,28)/t17-,22-/m0/s1. The number of urea groups is 1. The second-order valence-electron chi connectivity index (χ2n) is 8.43. The quantitative estimate of drug-likeness (QED) is 0.770. The van der Waals surface area contributed by atoms with Crippen molar-refractivity contribution in [3.63, 3.8) is 0 Å². The molecule has 158 valence electrons. The lowest BCUT2D eigenvalue weighted by Gasteiger charge is -2.39. The van der Waals surface area contributed by atoms with Crippen molar-refractivity contribution < 1.29 is 14.3 Å². The Morgan fingerprint density at radius 1 is 1.14 bits per heavy atom. The first-order valence-electron chi connectivity index (χ1n) is 10.9. The molecule has 1 aromatic rings. The van der Waals surface area contributed by atoms with Crippen LogP contribution in [0.15, 0.2) is 24.3 Å². The molecule has 2 atom stereocenters. The van der Waals surface area contributed by atoms with Crippen molar-refractivity contribution in [1.29, 1.82) is 0 Å². The number of para-hydroxylation sites is 2. The molecule has 0 radical (unpaired) electrons. The second kappa shape index (κ2) is 8.22. The Morgan fingerprint density at radius 3 is 2.62 bits per heavy atom. The highest BCUT2D eigenvalue weighted by Crippen LogP contribution is 2.38. The van der Waals surface area contributed by atoms with Crippen LogP contribution >= 0.6 is 0 Å². The van der Waals surface area contributed by atoms with Gasteiger partial charge in [0.2, 0.25) is 0 Å². The molecule has 1 aromatic carbocycles. The number of hydrogen-bond acceptors (Lipinski definition) is 5. The number of nitrogens with zero attached hydrogens (tertiary/aromatic N) is 3. The molecule has 3 fully saturated rings. The van der Waals surface area contributed by atoms with E-state index in [4.69, 9.17) is 4.74 Å². The zero-order valence-electron chi connectivity index (χ0n) is 17.5. The topological polar surface area (TPSA) is 65.1 Å². The minimum atomic E-state index is -0.673. The summed E-state index contributed by atoms with van der Waals surface area (Å²) in [5.41, 5.74) is 0.437. The van der Waals surface area contributed by atoms with E-state index < -0.39 is 5.54 Å².